The molecular weight excluding hydrogens is 384 g/mol. The number of thiophene rings is 1. The summed E-state index contributed by atoms with van der Waals surface area (Å²) >= 11 is 1.46. The Morgan fingerprint density at radius 3 is 2.83 bits per heavy atom. The van der Waals surface area contributed by atoms with Crippen LogP contribution in [0.15, 0.2) is 42.9 Å². The van der Waals surface area contributed by atoms with Gasteiger partial charge >= 0.3 is 0 Å². The van der Waals surface area contributed by atoms with Gasteiger partial charge in [0.15, 0.2) is 0 Å². The topological polar surface area (TPSA) is 75.5 Å². The predicted octanol–water partition coefficient (Wildman–Crippen LogP) is 3.94. The van der Waals surface area contributed by atoms with Gasteiger partial charge in [-0.05, 0) is 55.0 Å². The summed E-state index contributed by atoms with van der Waals surface area (Å²) in [6, 6.07) is 7.73. The number of fused-ring (bicyclic) bond motifs is 1. The van der Waals surface area contributed by atoms with Crippen LogP contribution in [0.4, 0.5) is 0 Å². The average Bonchev–Trinajstić information content (AvgIpc) is 3.24. The van der Waals surface area contributed by atoms with Crippen LogP contribution in [0.25, 0.3) is 5.65 Å². The van der Waals surface area contributed by atoms with E-state index in [2.05, 4.69) is 29.5 Å². The molecule has 0 bridgehead atoms. The number of amides is 2. The molecule has 152 valence electrons. The Morgan fingerprint density at radius 1 is 1.24 bits per heavy atom. The van der Waals surface area contributed by atoms with Crippen molar-refractivity contribution in [2.24, 2.45) is 11.8 Å². The van der Waals surface area contributed by atoms with Gasteiger partial charge in [-0.25, -0.2) is 4.98 Å². The van der Waals surface area contributed by atoms with E-state index in [1.807, 2.05) is 41.1 Å². The minimum Gasteiger partial charge on any atom is -0.348 e. The van der Waals surface area contributed by atoms with Crippen LogP contribution in [0.5, 0.6) is 0 Å². The number of pyridine rings is 1. The summed E-state index contributed by atoms with van der Waals surface area (Å²) < 4.78 is 1.93. The van der Waals surface area contributed by atoms with Gasteiger partial charge in [-0.1, -0.05) is 13.8 Å². The summed E-state index contributed by atoms with van der Waals surface area (Å²) in [6.45, 7) is 4.74. The first-order valence-corrected chi connectivity index (χ1v) is 10.9. The number of nitrogens with zero attached hydrogens (tertiary/aromatic N) is 2. The van der Waals surface area contributed by atoms with Gasteiger partial charge in [0.1, 0.15) is 5.65 Å². The fourth-order valence-corrected chi connectivity index (χ4v) is 4.34. The van der Waals surface area contributed by atoms with E-state index in [4.69, 9.17) is 0 Å². The predicted molar refractivity (Wildman–Crippen MR) is 114 cm³/mol. The Morgan fingerprint density at radius 2 is 2.07 bits per heavy atom. The van der Waals surface area contributed by atoms with E-state index in [0.717, 1.165) is 35.4 Å². The molecule has 2 N–H and O–H groups in total. The highest BCUT2D eigenvalue weighted by atomic mass is 32.1. The number of hydrogen-bond donors (Lipinski definition) is 2. The van der Waals surface area contributed by atoms with Gasteiger partial charge in [0.05, 0.1) is 10.9 Å². The first-order chi connectivity index (χ1) is 14.0. The number of nitrogens with one attached hydrogen (secondary N) is 2. The van der Waals surface area contributed by atoms with Crippen molar-refractivity contribution in [3.05, 3.63) is 58.2 Å². The third-order valence-electron chi connectivity index (χ3n) is 5.08. The fraction of sp³-hybridized carbons (Fsp3) is 0.409. The lowest BCUT2D eigenvalue weighted by atomic mass is 10.0. The monoisotopic (exact) mass is 410 g/mol. The van der Waals surface area contributed by atoms with Gasteiger partial charge in [0.25, 0.3) is 5.91 Å². The maximum Gasteiger partial charge on any atom is 0.261 e. The molecule has 0 aromatic carbocycles. The molecule has 1 saturated carbocycles. The number of imidazole rings is 1. The second-order valence-electron chi connectivity index (χ2n) is 8.08. The molecule has 1 atom stereocenters. The van der Waals surface area contributed by atoms with E-state index >= 15 is 0 Å². The molecule has 0 radical (unpaired) electrons. The second-order valence-corrected chi connectivity index (χ2v) is 9.19. The highest BCUT2D eigenvalue weighted by Crippen LogP contribution is 2.33. The van der Waals surface area contributed by atoms with Crippen LogP contribution in [0.2, 0.25) is 0 Å². The highest BCUT2D eigenvalue weighted by Gasteiger charge is 2.31. The number of aromatic nitrogens is 2. The molecule has 0 spiro atoms. The molecular formula is C22H26N4O2S. The zero-order chi connectivity index (χ0) is 20.4. The molecule has 3 aromatic heterocycles. The van der Waals surface area contributed by atoms with E-state index < -0.39 is 0 Å². The van der Waals surface area contributed by atoms with E-state index in [0.29, 0.717) is 17.3 Å². The molecule has 1 aliphatic carbocycles. The van der Waals surface area contributed by atoms with Crippen LogP contribution < -0.4 is 10.6 Å². The summed E-state index contributed by atoms with van der Waals surface area (Å²) in [4.78, 5) is 30.8. The lowest BCUT2D eigenvalue weighted by Gasteiger charge is -2.19. The summed E-state index contributed by atoms with van der Waals surface area (Å²) in [5.41, 5.74) is 1.86. The Kier molecular flexibility index (Phi) is 5.67. The molecule has 3 aromatic rings. The molecule has 3 heterocycles. The summed E-state index contributed by atoms with van der Waals surface area (Å²) in [5, 5.41) is 6.16. The number of rotatable bonds is 8. The van der Waals surface area contributed by atoms with E-state index in [1.165, 1.54) is 11.3 Å². The van der Waals surface area contributed by atoms with Crippen molar-refractivity contribution in [2.45, 2.75) is 45.7 Å². The Bertz CT molecular complexity index is 1020. The van der Waals surface area contributed by atoms with Crippen LogP contribution in [-0.2, 0) is 11.3 Å². The maximum atomic E-state index is 12.6. The molecule has 29 heavy (non-hydrogen) atoms. The van der Waals surface area contributed by atoms with Crippen molar-refractivity contribution >= 4 is 28.8 Å². The average molecular weight is 411 g/mol. The van der Waals surface area contributed by atoms with Crippen LogP contribution in [0.3, 0.4) is 0 Å². The number of hydrogen-bond acceptors (Lipinski definition) is 4. The Labute approximate surface area is 174 Å². The van der Waals surface area contributed by atoms with E-state index in [-0.39, 0.29) is 23.8 Å². The lowest BCUT2D eigenvalue weighted by molar-refractivity contribution is -0.123. The Balaban J connectivity index is 1.40. The van der Waals surface area contributed by atoms with Crippen molar-refractivity contribution < 1.29 is 9.59 Å². The van der Waals surface area contributed by atoms with Gasteiger partial charge in [-0.2, -0.15) is 0 Å². The number of carbonyl (C=O) groups is 2. The summed E-state index contributed by atoms with van der Waals surface area (Å²) in [7, 11) is 0. The van der Waals surface area contributed by atoms with Gasteiger partial charge in [-0.3, -0.25) is 9.59 Å². The smallest absolute Gasteiger partial charge is 0.261 e. The highest BCUT2D eigenvalue weighted by molar-refractivity contribution is 7.14. The molecule has 2 amide bonds. The van der Waals surface area contributed by atoms with Gasteiger partial charge < -0.3 is 15.0 Å². The second kappa shape index (κ2) is 8.37. The van der Waals surface area contributed by atoms with Crippen molar-refractivity contribution in [3.8, 4) is 0 Å². The van der Waals surface area contributed by atoms with Gasteiger partial charge in [0, 0.05) is 35.9 Å². The zero-order valence-corrected chi connectivity index (χ0v) is 17.5. The molecule has 0 saturated heterocycles. The van der Waals surface area contributed by atoms with E-state index in [1.54, 1.807) is 6.20 Å². The third kappa shape index (κ3) is 4.85. The van der Waals surface area contributed by atoms with Crippen molar-refractivity contribution in [2.75, 3.05) is 0 Å². The standard InChI is InChI=1S/C22H26N4O2S/c1-14(2)11-17(25-21(27)16-3-4-16)18-5-6-19(29-18)22(28)24-13-15-7-9-26-10-8-23-20(26)12-15/h5-10,12,14,16-17H,3-4,11,13H2,1-2H3,(H,24,28)(H,25,27)/t17-/m1/s1. The first-order valence-electron chi connectivity index (χ1n) is 10.1. The maximum absolute atomic E-state index is 12.6. The quantitative estimate of drug-likeness (QED) is 0.591. The largest absolute Gasteiger partial charge is 0.348 e. The molecule has 0 aliphatic heterocycles. The SMILES string of the molecule is CC(C)C[C@@H](NC(=O)C1CC1)c1ccc(C(=O)NCc2ccn3ccnc3c2)s1. The normalized spacial score (nSPS) is 14.9. The van der Waals surface area contributed by atoms with Crippen molar-refractivity contribution in [3.63, 3.8) is 0 Å². The van der Waals surface area contributed by atoms with Gasteiger partial charge in [-0.15, -0.1) is 11.3 Å². The van der Waals surface area contributed by atoms with Crippen molar-refractivity contribution in [1.82, 2.24) is 20.0 Å². The zero-order valence-electron chi connectivity index (χ0n) is 16.7. The van der Waals surface area contributed by atoms with E-state index in [9.17, 15) is 9.59 Å². The molecule has 6 nitrogen and oxygen atoms in total. The van der Waals surface area contributed by atoms with Crippen molar-refractivity contribution in [1.29, 1.82) is 0 Å². The third-order valence-corrected chi connectivity index (χ3v) is 6.28. The molecule has 7 heteroatoms. The van der Waals surface area contributed by atoms with Crippen LogP contribution in [0, 0.1) is 11.8 Å². The fourth-order valence-electron chi connectivity index (χ4n) is 3.35. The number of carbonyl (C=O) groups excluding carboxylic acids is 2. The van der Waals surface area contributed by atoms with Gasteiger partial charge in [0.2, 0.25) is 5.91 Å². The molecule has 0 unspecified atom stereocenters. The molecule has 1 aliphatic rings. The summed E-state index contributed by atoms with van der Waals surface area (Å²) in [5.74, 6) is 0.682. The minimum atomic E-state index is -0.0960. The van der Waals surface area contributed by atoms with Crippen LogP contribution >= 0.6 is 11.3 Å². The Hall–Kier alpha value is -2.67. The first kappa shape index (κ1) is 19.6. The molecule has 4 rings (SSSR count). The summed E-state index contributed by atoms with van der Waals surface area (Å²) in [6.07, 6.45) is 8.42. The van der Waals surface area contributed by atoms with Crippen LogP contribution in [0.1, 0.15) is 59.3 Å². The lowest BCUT2D eigenvalue weighted by Crippen LogP contribution is -2.30. The minimum absolute atomic E-state index is 0.0301. The van der Waals surface area contributed by atoms with Crippen LogP contribution in [-0.4, -0.2) is 21.2 Å². The molecule has 1 fully saturated rings.